The van der Waals surface area contributed by atoms with Gasteiger partial charge in [-0.2, -0.15) is 12.7 Å². The van der Waals surface area contributed by atoms with E-state index < -0.39 is 10.2 Å². The predicted molar refractivity (Wildman–Crippen MR) is 90.6 cm³/mol. The molecule has 0 saturated carbocycles. The first-order valence-corrected chi connectivity index (χ1v) is 9.75. The van der Waals surface area contributed by atoms with Crippen molar-refractivity contribution in [2.45, 2.75) is 59.3 Å². The molecule has 0 aromatic carbocycles. The lowest BCUT2D eigenvalue weighted by atomic mass is 10.0. The maximum Gasteiger partial charge on any atom is 0.279 e. The Bertz CT molecular complexity index is 332. The molecule has 0 aliphatic carbocycles. The van der Waals surface area contributed by atoms with Gasteiger partial charge in [0.25, 0.3) is 10.2 Å². The first-order valence-electron chi connectivity index (χ1n) is 8.31. The van der Waals surface area contributed by atoms with Gasteiger partial charge in [0.15, 0.2) is 0 Å². The Morgan fingerprint density at radius 2 is 1.67 bits per heavy atom. The van der Waals surface area contributed by atoms with Crippen LogP contribution in [0.5, 0.6) is 0 Å². The summed E-state index contributed by atoms with van der Waals surface area (Å²) in [6.45, 7) is 9.39. The molecule has 0 radical (unpaired) electrons. The molecule has 0 unspecified atom stereocenters. The zero-order chi connectivity index (χ0) is 16.1. The molecule has 0 saturated heterocycles. The highest BCUT2D eigenvalue weighted by atomic mass is 32.2. The maximum absolute atomic E-state index is 12.0. The molecule has 5 nitrogen and oxygen atoms in total. The van der Waals surface area contributed by atoms with Gasteiger partial charge in [-0.05, 0) is 31.8 Å². The summed E-state index contributed by atoms with van der Waals surface area (Å²) in [7, 11) is -1.66. The molecule has 6 heteroatoms. The summed E-state index contributed by atoms with van der Waals surface area (Å²) < 4.78 is 28.0. The molecular weight excluding hydrogens is 286 g/mol. The largest absolute Gasteiger partial charge is 0.317 e. The summed E-state index contributed by atoms with van der Waals surface area (Å²) in [5.74, 6) is 0.763. The van der Waals surface area contributed by atoms with Crippen LogP contribution in [0.2, 0.25) is 0 Å². The molecule has 0 aliphatic heterocycles. The number of nitrogens with one attached hydrogen (secondary N) is 2. The Morgan fingerprint density at radius 3 is 2.29 bits per heavy atom. The van der Waals surface area contributed by atoms with Crippen molar-refractivity contribution in [2.75, 3.05) is 33.2 Å². The van der Waals surface area contributed by atoms with Gasteiger partial charge in [0.1, 0.15) is 0 Å². The third-order valence-electron chi connectivity index (χ3n) is 3.48. The van der Waals surface area contributed by atoms with Gasteiger partial charge >= 0.3 is 0 Å². The molecule has 0 rings (SSSR count). The van der Waals surface area contributed by atoms with Crippen LogP contribution in [0.15, 0.2) is 0 Å². The zero-order valence-corrected chi connectivity index (χ0v) is 15.1. The molecule has 0 bridgehead atoms. The molecule has 128 valence electrons. The fraction of sp³-hybridized carbons (Fsp3) is 1.00. The van der Waals surface area contributed by atoms with Crippen LogP contribution in [0.3, 0.4) is 0 Å². The molecule has 0 aliphatic rings. The SMILES string of the molecule is CCNCCCN(C)S(=O)(=O)NCCCCCCC(C)C. The quantitative estimate of drug-likeness (QED) is 0.483. The summed E-state index contributed by atoms with van der Waals surface area (Å²) in [6.07, 6.45) is 6.55. The first-order chi connectivity index (χ1) is 9.90. The Balaban J connectivity index is 3.67. The van der Waals surface area contributed by atoms with E-state index >= 15 is 0 Å². The third kappa shape index (κ3) is 12.1. The highest BCUT2D eigenvalue weighted by Gasteiger charge is 2.15. The van der Waals surface area contributed by atoms with Gasteiger partial charge in [-0.15, -0.1) is 0 Å². The van der Waals surface area contributed by atoms with E-state index in [0.29, 0.717) is 13.1 Å². The van der Waals surface area contributed by atoms with Crippen LogP contribution in [-0.4, -0.2) is 45.9 Å². The van der Waals surface area contributed by atoms with Crippen molar-refractivity contribution in [1.29, 1.82) is 0 Å². The first kappa shape index (κ1) is 20.8. The lowest BCUT2D eigenvalue weighted by molar-refractivity contribution is 0.444. The molecule has 21 heavy (non-hydrogen) atoms. The predicted octanol–water partition coefficient (Wildman–Crippen LogP) is 2.36. The Kier molecular flexibility index (Phi) is 12.3. The van der Waals surface area contributed by atoms with E-state index in [1.807, 2.05) is 6.92 Å². The van der Waals surface area contributed by atoms with E-state index in [-0.39, 0.29) is 0 Å². The summed E-state index contributed by atoms with van der Waals surface area (Å²) in [5, 5.41) is 3.19. The Morgan fingerprint density at radius 1 is 1.00 bits per heavy atom. The van der Waals surface area contributed by atoms with Gasteiger partial charge in [-0.1, -0.05) is 46.5 Å². The van der Waals surface area contributed by atoms with Gasteiger partial charge in [0.2, 0.25) is 0 Å². The smallest absolute Gasteiger partial charge is 0.279 e. The second-order valence-electron chi connectivity index (χ2n) is 6.02. The maximum atomic E-state index is 12.0. The number of rotatable bonds is 14. The van der Waals surface area contributed by atoms with Crippen molar-refractivity contribution in [3.05, 3.63) is 0 Å². The Labute approximate surface area is 132 Å². The molecule has 0 heterocycles. The average Bonchev–Trinajstić information content (AvgIpc) is 2.41. The summed E-state index contributed by atoms with van der Waals surface area (Å²) in [6, 6.07) is 0. The molecule has 0 fully saturated rings. The summed E-state index contributed by atoms with van der Waals surface area (Å²) in [5.41, 5.74) is 0. The normalized spacial score (nSPS) is 12.5. The van der Waals surface area contributed by atoms with Gasteiger partial charge in [0.05, 0.1) is 0 Å². The fourth-order valence-corrected chi connectivity index (χ4v) is 3.06. The van der Waals surface area contributed by atoms with Crippen molar-refractivity contribution in [2.24, 2.45) is 5.92 Å². The van der Waals surface area contributed by atoms with Gasteiger partial charge < -0.3 is 5.32 Å². The van der Waals surface area contributed by atoms with E-state index in [0.717, 1.165) is 38.3 Å². The van der Waals surface area contributed by atoms with Crippen LogP contribution < -0.4 is 10.0 Å². The molecule has 0 spiro atoms. The minimum absolute atomic E-state index is 0.543. The summed E-state index contributed by atoms with van der Waals surface area (Å²) in [4.78, 5) is 0. The molecule has 0 atom stereocenters. The number of unbranched alkanes of at least 4 members (excludes halogenated alkanes) is 3. The van der Waals surface area contributed by atoms with Crippen LogP contribution in [0.4, 0.5) is 0 Å². The van der Waals surface area contributed by atoms with E-state index in [9.17, 15) is 8.42 Å². The molecule has 0 aromatic heterocycles. The van der Waals surface area contributed by atoms with Crippen molar-refractivity contribution >= 4 is 10.2 Å². The third-order valence-corrected chi connectivity index (χ3v) is 5.05. The second-order valence-corrected chi connectivity index (χ2v) is 7.89. The van der Waals surface area contributed by atoms with Gasteiger partial charge in [-0.25, -0.2) is 4.72 Å². The molecule has 0 aromatic rings. The second kappa shape index (κ2) is 12.4. The van der Waals surface area contributed by atoms with Crippen LogP contribution in [0.1, 0.15) is 59.3 Å². The Hall–Kier alpha value is -0.170. The summed E-state index contributed by atoms with van der Waals surface area (Å²) >= 11 is 0. The average molecular weight is 322 g/mol. The lowest BCUT2D eigenvalue weighted by Gasteiger charge is -2.17. The van der Waals surface area contributed by atoms with E-state index in [4.69, 9.17) is 0 Å². The van der Waals surface area contributed by atoms with Crippen molar-refractivity contribution in [1.82, 2.24) is 14.3 Å². The zero-order valence-electron chi connectivity index (χ0n) is 14.3. The lowest BCUT2D eigenvalue weighted by Crippen LogP contribution is -2.39. The fourth-order valence-electron chi connectivity index (χ4n) is 2.07. The van der Waals surface area contributed by atoms with Gasteiger partial charge in [0, 0.05) is 20.1 Å². The highest BCUT2D eigenvalue weighted by Crippen LogP contribution is 2.09. The molecule has 0 amide bonds. The minimum Gasteiger partial charge on any atom is -0.317 e. The van der Waals surface area contributed by atoms with Gasteiger partial charge in [-0.3, -0.25) is 0 Å². The van der Waals surface area contributed by atoms with Crippen molar-refractivity contribution in [3.8, 4) is 0 Å². The number of nitrogens with zero attached hydrogens (tertiary/aromatic N) is 1. The van der Waals surface area contributed by atoms with Crippen LogP contribution in [0.25, 0.3) is 0 Å². The minimum atomic E-state index is -3.30. The van der Waals surface area contributed by atoms with Crippen LogP contribution in [-0.2, 0) is 10.2 Å². The van der Waals surface area contributed by atoms with Crippen molar-refractivity contribution in [3.63, 3.8) is 0 Å². The van der Waals surface area contributed by atoms with E-state index in [2.05, 4.69) is 23.9 Å². The van der Waals surface area contributed by atoms with E-state index in [1.165, 1.54) is 23.6 Å². The topological polar surface area (TPSA) is 61.4 Å². The van der Waals surface area contributed by atoms with E-state index in [1.54, 1.807) is 7.05 Å². The van der Waals surface area contributed by atoms with Crippen LogP contribution in [0, 0.1) is 5.92 Å². The number of hydrogen-bond donors (Lipinski definition) is 2. The molecular formula is C15H35N3O2S. The monoisotopic (exact) mass is 321 g/mol. The van der Waals surface area contributed by atoms with Crippen molar-refractivity contribution < 1.29 is 8.42 Å². The molecule has 2 N–H and O–H groups in total. The number of hydrogen-bond acceptors (Lipinski definition) is 3. The highest BCUT2D eigenvalue weighted by molar-refractivity contribution is 7.87. The van der Waals surface area contributed by atoms with Crippen LogP contribution >= 0.6 is 0 Å². The standard InChI is InChI=1S/C15H35N3O2S/c1-5-16-12-10-14-18(4)21(19,20)17-13-9-7-6-8-11-15(2)3/h15-17H,5-14H2,1-4H3.